The molecule has 2 fully saturated rings. The standard InChI is InChI=1S/C44H52FN9O7/c1-22(2)37(50-43(57)59-6)41(55)52-14-8-9-33(52)39-46-19-30(48-39)25-11-13-32-27(15-25)16-34-29-12-10-26(17-36(29)61-24(5)54(32)34)31-20-47-40(49-31)35-18-28(45)21-53(35)42(56)38(23(3)4)51-44(58)60-7/h10-13,15-17,19-20,22-24,28,33,35,37-38H,8-9,14,18,21H2,1-7H3,(H,46,48)(H,47,49)(H,50,57)(H,51,58)/t24?,28-,33+,35+,37+,38+/m1/s1. The van der Waals surface area contributed by atoms with Gasteiger partial charge in [0.05, 0.1) is 67.8 Å². The molecule has 0 bridgehead atoms. The first kappa shape index (κ1) is 41.3. The Morgan fingerprint density at radius 1 is 0.820 bits per heavy atom. The predicted octanol–water partition coefficient (Wildman–Crippen LogP) is 7.04. The second kappa shape index (κ2) is 16.6. The molecule has 0 radical (unpaired) electrons. The van der Waals surface area contributed by atoms with Gasteiger partial charge in [-0.1, -0.05) is 39.8 Å². The zero-order valence-corrected chi connectivity index (χ0v) is 35.3. The van der Waals surface area contributed by atoms with Gasteiger partial charge >= 0.3 is 12.2 Å². The molecule has 5 aromatic rings. The molecule has 4 N–H and O–H groups in total. The number of alkyl carbamates (subject to hydrolysis) is 2. The lowest BCUT2D eigenvalue weighted by Crippen LogP contribution is -2.51. The van der Waals surface area contributed by atoms with Crippen molar-refractivity contribution in [3.05, 3.63) is 66.5 Å². The number of hydrogen-bond acceptors (Lipinski definition) is 9. The fourth-order valence-corrected chi connectivity index (χ4v) is 8.90. The fraction of sp³-hybridized carbons (Fsp3) is 0.455. The van der Waals surface area contributed by atoms with Gasteiger partial charge in [0, 0.05) is 35.0 Å². The Hall–Kier alpha value is -6.39. The van der Waals surface area contributed by atoms with Crippen molar-refractivity contribution in [1.82, 2.24) is 44.9 Å². The lowest BCUT2D eigenvalue weighted by molar-refractivity contribution is -0.136. The van der Waals surface area contributed by atoms with E-state index in [0.717, 1.165) is 51.8 Å². The van der Waals surface area contributed by atoms with Crippen molar-refractivity contribution in [3.8, 4) is 39.5 Å². The summed E-state index contributed by atoms with van der Waals surface area (Å²) in [6, 6.07) is 11.8. The SMILES string of the molecule is COC(=O)N[C@H](C(=O)N1CCC[C@H]1c1ncc(-c2ccc3c(c2)cc2n3C(C)Oc3cc(-c4cnc([C@@H]5C[C@@H](F)CN5C(=O)[C@@H](NC(=O)OC)C(C)C)[nH]4)ccc3-2)[nH]1)C(C)C. The van der Waals surface area contributed by atoms with Crippen LogP contribution in [0.4, 0.5) is 14.0 Å². The van der Waals surface area contributed by atoms with Gasteiger partial charge in [0.2, 0.25) is 11.8 Å². The number of aromatic nitrogens is 5. The summed E-state index contributed by atoms with van der Waals surface area (Å²) in [5, 5.41) is 6.31. The first-order chi connectivity index (χ1) is 29.3. The number of carbonyl (C=O) groups is 4. The molecule has 61 heavy (non-hydrogen) atoms. The van der Waals surface area contributed by atoms with Crippen molar-refractivity contribution in [1.29, 1.82) is 0 Å². The molecule has 17 heteroatoms. The van der Waals surface area contributed by atoms with Crippen LogP contribution in [0.25, 0.3) is 44.7 Å². The molecule has 0 aliphatic carbocycles. The maximum atomic E-state index is 14.9. The number of nitrogens with one attached hydrogen (secondary N) is 4. The third kappa shape index (κ3) is 7.76. The number of fused-ring (bicyclic) bond motifs is 5. The summed E-state index contributed by atoms with van der Waals surface area (Å²) >= 11 is 0. The van der Waals surface area contributed by atoms with Crippen LogP contribution >= 0.6 is 0 Å². The number of benzene rings is 2. The number of ether oxygens (including phenoxy) is 3. The highest BCUT2D eigenvalue weighted by molar-refractivity contribution is 5.92. The van der Waals surface area contributed by atoms with Gasteiger partial charge in [0.1, 0.15) is 35.7 Å². The van der Waals surface area contributed by atoms with E-state index in [-0.39, 0.29) is 43.0 Å². The highest BCUT2D eigenvalue weighted by Crippen LogP contribution is 2.44. The Kier molecular flexibility index (Phi) is 11.2. The Balaban J connectivity index is 1.02. The summed E-state index contributed by atoms with van der Waals surface area (Å²) in [5.74, 6) is 0.914. The van der Waals surface area contributed by atoms with Gasteiger partial charge in [0.15, 0.2) is 6.23 Å². The van der Waals surface area contributed by atoms with E-state index in [0.29, 0.717) is 29.6 Å². The third-order valence-electron chi connectivity index (χ3n) is 12.1. The summed E-state index contributed by atoms with van der Waals surface area (Å²) in [4.78, 5) is 70.7. The molecule has 2 aromatic carbocycles. The van der Waals surface area contributed by atoms with E-state index in [9.17, 15) is 23.6 Å². The largest absolute Gasteiger partial charge is 0.470 e. The van der Waals surface area contributed by atoms with Crippen molar-refractivity contribution >= 4 is 34.9 Å². The van der Waals surface area contributed by atoms with Crippen molar-refractivity contribution < 1.29 is 37.8 Å². The lowest BCUT2D eigenvalue weighted by Gasteiger charge is -2.30. The van der Waals surface area contributed by atoms with Gasteiger partial charge in [-0.3, -0.25) is 9.59 Å². The normalized spacial score (nSPS) is 20.6. The first-order valence-electron chi connectivity index (χ1n) is 20.8. The average Bonchev–Trinajstić information content (AvgIpc) is 4.10. The number of rotatable bonds is 10. The van der Waals surface area contributed by atoms with E-state index in [1.54, 1.807) is 17.3 Å². The first-order valence-corrected chi connectivity index (χ1v) is 20.8. The van der Waals surface area contributed by atoms with Crippen LogP contribution in [0, 0.1) is 11.8 Å². The quantitative estimate of drug-likeness (QED) is 0.114. The number of likely N-dealkylation sites (tertiary alicyclic amines) is 2. The minimum Gasteiger partial charge on any atom is -0.470 e. The van der Waals surface area contributed by atoms with Gasteiger partial charge < -0.3 is 49.2 Å². The zero-order valence-electron chi connectivity index (χ0n) is 35.3. The maximum Gasteiger partial charge on any atom is 0.407 e. The molecule has 0 spiro atoms. The minimum absolute atomic E-state index is 0.0803. The highest BCUT2D eigenvalue weighted by atomic mass is 19.1. The maximum absolute atomic E-state index is 14.9. The number of halogens is 1. The topological polar surface area (TPSA) is 189 Å². The van der Waals surface area contributed by atoms with Crippen LogP contribution in [0.1, 0.15) is 83.8 Å². The number of carbonyl (C=O) groups excluding carboxylic acids is 4. The smallest absolute Gasteiger partial charge is 0.407 e. The van der Waals surface area contributed by atoms with Gasteiger partial charge in [0.25, 0.3) is 0 Å². The average molecular weight is 838 g/mol. The summed E-state index contributed by atoms with van der Waals surface area (Å²) in [6.07, 6.45) is 2.20. The monoisotopic (exact) mass is 837 g/mol. The molecule has 4 amide bonds. The molecule has 3 aromatic heterocycles. The number of hydrogen-bond donors (Lipinski definition) is 4. The van der Waals surface area contributed by atoms with Crippen molar-refractivity contribution in [2.45, 2.75) is 90.4 Å². The third-order valence-corrected chi connectivity index (χ3v) is 12.1. The molecular formula is C44H52FN9O7. The Morgan fingerprint density at radius 2 is 1.41 bits per heavy atom. The van der Waals surface area contributed by atoms with Crippen LogP contribution in [-0.4, -0.2) is 104 Å². The molecule has 0 saturated carbocycles. The molecule has 8 rings (SSSR count). The van der Waals surface area contributed by atoms with E-state index in [1.165, 1.54) is 19.1 Å². The second-order valence-corrected chi connectivity index (χ2v) is 16.7. The van der Waals surface area contributed by atoms with E-state index in [1.807, 2.05) is 58.9 Å². The molecule has 6 atom stereocenters. The number of aromatic amines is 2. The summed E-state index contributed by atoms with van der Waals surface area (Å²) < 4.78 is 33.1. The molecule has 1 unspecified atom stereocenters. The van der Waals surface area contributed by atoms with Crippen LogP contribution in [-0.2, 0) is 19.1 Å². The second-order valence-electron chi connectivity index (χ2n) is 16.7. The zero-order chi connectivity index (χ0) is 43.3. The van der Waals surface area contributed by atoms with Crippen molar-refractivity contribution in [2.75, 3.05) is 27.3 Å². The number of imidazole rings is 2. The Morgan fingerprint density at radius 3 is 2.03 bits per heavy atom. The summed E-state index contributed by atoms with van der Waals surface area (Å²) in [6.45, 7) is 9.87. The fourth-order valence-electron chi connectivity index (χ4n) is 8.90. The molecule has 322 valence electrons. The molecule has 3 aliphatic rings. The van der Waals surface area contributed by atoms with Crippen LogP contribution < -0.4 is 15.4 Å². The predicted molar refractivity (Wildman–Crippen MR) is 224 cm³/mol. The minimum atomic E-state index is -1.24. The van der Waals surface area contributed by atoms with Crippen LogP contribution in [0.5, 0.6) is 5.75 Å². The number of methoxy groups -OCH3 is 2. The number of amides is 4. The Bertz CT molecular complexity index is 2470. The van der Waals surface area contributed by atoms with Gasteiger partial charge in [-0.05, 0) is 61.9 Å². The Labute approximate surface area is 352 Å². The van der Waals surface area contributed by atoms with Gasteiger partial charge in [-0.15, -0.1) is 0 Å². The van der Waals surface area contributed by atoms with Crippen molar-refractivity contribution in [3.63, 3.8) is 0 Å². The highest BCUT2D eigenvalue weighted by Gasteiger charge is 2.42. The van der Waals surface area contributed by atoms with E-state index in [4.69, 9.17) is 19.2 Å². The molecule has 2 saturated heterocycles. The van der Waals surface area contributed by atoms with Crippen molar-refractivity contribution in [2.24, 2.45) is 11.8 Å². The number of nitrogens with zero attached hydrogens (tertiary/aromatic N) is 5. The molecule has 3 aliphatic heterocycles. The summed E-state index contributed by atoms with van der Waals surface area (Å²) in [5.41, 5.74) is 6.19. The summed E-state index contributed by atoms with van der Waals surface area (Å²) in [7, 11) is 2.51. The molecule has 16 nitrogen and oxygen atoms in total. The lowest BCUT2D eigenvalue weighted by atomic mass is 10.0. The van der Waals surface area contributed by atoms with E-state index < -0.39 is 42.4 Å². The van der Waals surface area contributed by atoms with Gasteiger partial charge in [-0.2, -0.15) is 0 Å². The molecular weight excluding hydrogens is 786 g/mol. The van der Waals surface area contributed by atoms with Crippen LogP contribution in [0.2, 0.25) is 0 Å². The van der Waals surface area contributed by atoms with Crippen LogP contribution in [0.15, 0.2) is 54.9 Å². The van der Waals surface area contributed by atoms with Crippen LogP contribution in [0.3, 0.4) is 0 Å². The van der Waals surface area contributed by atoms with Gasteiger partial charge in [-0.25, -0.2) is 23.9 Å². The number of H-pyrrole nitrogens is 2. The van der Waals surface area contributed by atoms with E-state index in [2.05, 4.69) is 48.4 Å². The number of alkyl halides is 1. The van der Waals surface area contributed by atoms with E-state index >= 15 is 0 Å². The molecule has 6 heterocycles.